The highest BCUT2D eigenvalue weighted by molar-refractivity contribution is 7.89. The number of sulfonamides is 1. The number of ether oxygens (including phenoxy) is 1. The van der Waals surface area contributed by atoms with Crippen molar-refractivity contribution in [1.82, 2.24) is 28.9 Å². The molecule has 1 aliphatic heterocycles. The van der Waals surface area contributed by atoms with E-state index in [1.807, 2.05) is 4.98 Å². The Kier molecular flexibility index (Phi) is 4.58. The number of aromatic amines is 1. The molecular formula is C13H18N6O5S. The molecule has 1 N–H and O–H groups in total. The maximum absolute atomic E-state index is 12.8. The molecule has 11 nitrogen and oxygen atoms in total. The van der Waals surface area contributed by atoms with Crippen LogP contribution in [0.15, 0.2) is 20.7 Å². The smallest absolute Gasteiger partial charge is 0.328 e. The summed E-state index contributed by atoms with van der Waals surface area (Å²) in [6, 6.07) is 0. The first-order valence-corrected chi connectivity index (χ1v) is 8.99. The highest BCUT2D eigenvalue weighted by Crippen LogP contribution is 2.21. The number of methoxy groups -OCH3 is 1. The van der Waals surface area contributed by atoms with Gasteiger partial charge in [-0.1, -0.05) is 5.21 Å². The Labute approximate surface area is 142 Å². The highest BCUT2D eigenvalue weighted by Gasteiger charge is 2.33. The lowest BCUT2D eigenvalue weighted by molar-refractivity contribution is 0.181. The van der Waals surface area contributed by atoms with Crippen molar-refractivity contribution < 1.29 is 13.2 Å². The van der Waals surface area contributed by atoms with Gasteiger partial charge in [0, 0.05) is 33.3 Å². The summed E-state index contributed by atoms with van der Waals surface area (Å²) in [5.41, 5.74) is -0.200. The maximum Gasteiger partial charge on any atom is 0.328 e. The van der Waals surface area contributed by atoms with E-state index >= 15 is 0 Å². The van der Waals surface area contributed by atoms with Gasteiger partial charge < -0.3 is 9.30 Å². The summed E-state index contributed by atoms with van der Waals surface area (Å²) in [6.07, 6.45) is 1.45. The van der Waals surface area contributed by atoms with Gasteiger partial charge in [-0.05, 0) is 0 Å². The first-order chi connectivity index (χ1) is 11.8. The fourth-order valence-corrected chi connectivity index (χ4v) is 4.15. The molecule has 2 aromatic rings. The van der Waals surface area contributed by atoms with E-state index in [0.717, 1.165) is 16.5 Å². The van der Waals surface area contributed by atoms with Crippen LogP contribution in [0.25, 0.3) is 0 Å². The van der Waals surface area contributed by atoms with Crippen molar-refractivity contribution >= 4 is 10.0 Å². The van der Waals surface area contributed by atoms with Crippen molar-refractivity contribution in [3.05, 3.63) is 38.4 Å². The summed E-state index contributed by atoms with van der Waals surface area (Å²) >= 11 is 0. The SMILES string of the molecule is COCCn1nnc2c1CCN(S(=O)(=O)c1cn(C)c(=O)[nH]c1=O)C2. The van der Waals surface area contributed by atoms with E-state index in [1.165, 1.54) is 11.4 Å². The lowest BCUT2D eigenvalue weighted by Crippen LogP contribution is -2.41. The van der Waals surface area contributed by atoms with Crippen LogP contribution < -0.4 is 11.2 Å². The van der Waals surface area contributed by atoms with Crippen LogP contribution in [0.1, 0.15) is 11.4 Å². The predicted molar refractivity (Wildman–Crippen MR) is 85.5 cm³/mol. The second-order valence-electron chi connectivity index (χ2n) is 5.65. The average molecular weight is 370 g/mol. The Morgan fingerprint density at radius 3 is 2.84 bits per heavy atom. The van der Waals surface area contributed by atoms with E-state index in [2.05, 4.69) is 10.3 Å². The number of nitrogens with one attached hydrogen (secondary N) is 1. The molecule has 0 aliphatic carbocycles. The summed E-state index contributed by atoms with van der Waals surface area (Å²) in [7, 11) is -1.10. The molecule has 0 saturated carbocycles. The minimum Gasteiger partial charge on any atom is -0.383 e. The first-order valence-electron chi connectivity index (χ1n) is 7.55. The molecule has 1 aliphatic rings. The third kappa shape index (κ3) is 3.15. The monoisotopic (exact) mass is 370 g/mol. The predicted octanol–water partition coefficient (Wildman–Crippen LogP) is -1.94. The average Bonchev–Trinajstić information content (AvgIpc) is 2.98. The number of fused-ring (bicyclic) bond motifs is 1. The molecule has 0 spiro atoms. The second kappa shape index (κ2) is 6.54. The van der Waals surface area contributed by atoms with Crippen molar-refractivity contribution in [3.8, 4) is 0 Å². The zero-order chi connectivity index (χ0) is 18.2. The molecule has 3 rings (SSSR count). The van der Waals surface area contributed by atoms with E-state index in [-0.39, 0.29) is 13.1 Å². The standard InChI is InChI=1S/C13H18N6O5S/c1-17-8-11(12(20)14-13(17)21)25(22,23)18-4-3-10-9(7-18)15-16-19(10)5-6-24-2/h8H,3-7H2,1-2H3,(H,14,20,21). The number of H-pyrrole nitrogens is 1. The first kappa shape index (κ1) is 17.5. The Morgan fingerprint density at radius 1 is 1.36 bits per heavy atom. The van der Waals surface area contributed by atoms with Gasteiger partial charge in [0.25, 0.3) is 5.56 Å². The molecule has 0 bridgehead atoms. The van der Waals surface area contributed by atoms with Crippen LogP contribution in [0.5, 0.6) is 0 Å². The molecule has 2 aromatic heterocycles. The molecule has 12 heteroatoms. The Morgan fingerprint density at radius 2 is 2.12 bits per heavy atom. The van der Waals surface area contributed by atoms with Crippen LogP contribution >= 0.6 is 0 Å². The fourth-order valence-electron chi connectivity index (χ4n) is 2.67. The van der Waals surface area contributed by atoms with Crippen molar-refractivity contribution in [2.45, 2.75) is 24.4 Å². The van der Waals surface area contributed by atoms with Crippen LogP contribution in [-0.4, -0.2) is 57.5 Å². The Hall–Kier alpha value is -2.31. The van der Waals surface area contributed by atoms with Gasteiger partial charge in [-0.25, -0.2) is 17.9 Å². The number of hydrogen-bond acceptors (Lipinski definition) is 7. The molecule has 0 saturated heterocycles. The molecule has 0 fully saturated rings. The van der Waals surface area contributed by atoms with Gasteiger partial charge >= 0.3 is 5.69 Å². The van der Waals surface area contributed by atoms with Gasteiger partial charge in [0.05, 0.1) is 25.4 Å². The van der Waals surface area contributed by atoms with E-state index in [4.69, 9.17) is 4.74 Å². The van der Waals surface area contributed by atoms with Crippen LogP contribution in [0.4, 0.5) is 0 Å². The maximum atomic E-state index is 12.8. The topological polar surface area (TPSA) is 132 Å². The van der Waals surface area contributed by atoms with Gasteiger partial charge in [0.1, 0.15) is 5.69 Å². The number of aryl methyl sites for hydroxylation is 1. The van der Waals surface area contributed by atoms with Gasteiger partial charge in [-0.15, -0.1) is 5.10 Å². The van der Waals surface area contributed by atoms with Crippen molar-refractivity contribution in [1.29, 1.82) is 0 Å². The molecule has 136 valence electrons. The van der Waals surface area contributed by atoms with Crippen LogP contribution in [-0.2, 0) is 41.3 Å². The summed E-state index contributed by atoms with van der Waals surface area (Å²) in [5, 5.41) is 8.05. The molecular weight excluding hydrogens is 352 g/mol. The summed E-state index contributed by atoms with van der Waals surface area (Å²) < 4.78 is 34.4. The number of hydrogen-bond donors (Lipinski definition) is 1. The quantitative estimate of drug-likeness (QED) is 0.647. The van der Waals surface area contributed by atoms with E-state index in [1.54, 1.807) is 11.8 Å². The molecule has 3 heterocycles. The number of rotatable bonds is 5. The van der Waals surface area contributed by atoms with Gasteiger partial charge in [0.15, 0.2) is 4.90 Å². The number of aromatic nitrogens is 5. The third-order valence-corrected chi connectivity index (χ3v) is 5.88. The summed E-state index contributed by atoms with van der Waals surface area (Å²) in [5.74, 6) is 0. The highest BCUT2D eigenvalue weighted by atomic mass is 32.2. The largest absolute Gasteiger partial charge is 0.383 e. The van der Waals surface area contributed by atoms with E-state index in [9.17, 15) is 18.0 Å². The molecule has 0 aromatic carbocycles. The summed E-state index contributed by atoms with van der Waals surface area (Å²) in [4.78, 5) is 24.9. The zero-order valence-electron chi connectivity index (χ0n) is 13.8. The minimum absolute atomic E-state index is 0.0208. The van der Waals surface area contributed by atoms with E-state index in [0.29, 0.717) is 25.3 Å². The van der Waals surface area contributed by atoms with E-state index < -0.39 is 26.2 Å². The Balaban J connectivity index is 1.91. The summed E-state index contributed by atoms with van der Waals surface area (Å²) in [6.45, 7) is 1.22. The van der Waals surface area contributed by atoms with Crippen LogP contribution in [0.3, 0.4) is 0 Å². The number of nitrogens with zero attached hydrogens (tertiary/aromatic N) is 5. The van der Waals surface area contributed by atoms with Crippen molar-refractivity contribution in [2.75, 3.05) is 20.3 Å². The van der Waals surface area contributed by atoms with Gasteiger partial charge in [-0.2, -0.15) is 4.31 Å². The molecule has 25 heavy (non-hydrogen) atoms. The second-order valence-corrected chi connectivity index (χ2v) is 7.56. The molecule has 0 radical (unpaired) electrons. The molecule has 0 unspecified atom stereocenters. The molecule has 0 amide bonds. The normalized spacial score (nSPS) is 15.3. The van der Waals surface area contributed by atoms with Crippen LogP contribution in [0.2, 0.25) is 0 Å². The van der Waals surface area contributed by atoms with Crippen LogP contribution in [0, 0.1) is 0 Å². The Bertz CT molecular complexity index is 1000. The fraction of sp³-hybridized carbons (Fsp3) is 0.538. The van der Waals surface area contributed by atoms with Gasteiger partial charge in [0.2, 0.25) is 10.0 Å². The lowest BCUT2D eigenvalue weighted by atomic mass is 10.2. The van der Waals surface area contributed by atoms with Gasteiger partial charge in [-0.3, -0.25) is 9.78 Å². The zero-order valence-corrected chi connectivity index (χ0v) is 14.6. The minimum atomic E-state index is -4.05. The third-order valence-electron chi connectivity index (χ3n) is 4.04. The lowest BCUT2D eigenvalue weighted by Gasteiger charge is -2.25. The van der Waals surface area contributed by atoms with Crippen molar-refractivity contribution in [3.63, 3.8) is 0 Å². The van der Waals surface area contributed by atoms with Crippen molar-refractivity contribution in [2.24, 2.45) is 7.05 Å². The molecule has 0 atom stereocenters.